The Hall–Kier alpha value is -2.27. The minimum atomic E-state index is -1.12. The highest BCUT2D eigenvalue weighted by Gasteiger charge is 2.13. The van der Waals surface area contributed by atoms with Crippen molar-refractivity contribution in [3.05, 3.63) is 47.1 Å². The average molecular weight is 280 g/mol. The highest BCUT2D eigenvalue weighted by atomic mass is 35.5. The van der Waals surface area contributed by atoms with Crippen molar-refractivity contribution in [3.63, 3.8) is 0 Å². The molecule has 1 aromatic carbocycles. The number of rotatable bonds is 4. The van der Waals surface area contributed by atoms with Crippen molar-refractivity contribution < 1.29 is 19.4 Å². The number of methoxy groups -OCH3 is 1. The Morgan fingerprint density at radius 1 is 1.32 bits per heavy atom. The maximum atomic E-state index is 11.1. The predicted octanol–water partition coefficient (Wildman–Crippen LogP) is 3.23. The Labute approximate surface area is 114 Å². The van der Waals surface area contributed by atoms with E-state index in [2.05, 4.69) is 4.98 Å². The lowest BCUT2D eigenvalue weighted by Crippen LogP contribution is -2.00. The van der Waals surface area contributed by atoms with Crippen molar-refractivity contribution in [2.75, 3.05) is 7.11 Å². The van der Waals surface area contributed by atoms with Crippen molar-refractivity contribution in [3.8, 4) is 17.4 Å². The molecule has 0 radical (unpaired) electrons. The summed E-state index contributed by atoms with van der Waals surface area (Å²) >= 11 is 5.75. The Kier molecular flexibility index (Phi) is 3.87. The topological polar surface area (TPSA) is 68.7 Å². The fourth-order valence-corrected chi connectivity index (χ4v) is 1.59. The summed E-state index contributed by atoms with van der Waals surface area (Å²) in [5, 5.41) is 9.40. The number of pyridine rings is 1. The molecule has 2 rings (SSSR count). The Morgan fingerprint density at radius 3 is 2.68 bits per heavy atom. The monoisotopic (exact) mass is 279 g/mol. The number of aromatic carboxylic acids is 1. The van der Waals surface area contributed by atoms with Crippen molar-refractivity contribution in [2.24, 2.45) is 0 Å². The van der Waals surface area contributed by atoms with Gasteiger partial charge in [0.2, 0.25) is 5.88 Å². The largest absolute Gasteiger partial charge is 0.495 e. The van der Waals surface area contributed by atoms with Crippen molar-refractivity contribution in [2.45, 2.75) is 0 Å². The van der Waals surface area contributed by atoms with Crippen LogP contribution in [0.15, 0.2) is 36.5 Å². The molecular formula is C13H10ClNO4. The lowest BCUT2D eigenvalue weighted by Gasteiger charge is -2.08. The first kappa shape index (κ1) is 13.2. The van der Waals surface area contributed by atoms with Crippen LogP contribution in [0.1, 0.15) is 10.4 Å². The fraction of sp³-hybridized carbons (Fsp3) is 0.0769. The first-order valence-corrected chi connectivity index (χ1v) is 5.68. The Bertz CT molecular complexity index is 598. The molecule has 0 aliphatic rings. The van der Waals surface area contributed by atoms with E-state index in [0.717, 1.165) is 0 Å². The average Bonchev–Trinajstić information content (AvgIpc) is 2.41. The molecule has 0 aliphatic carbocycles. The molecule has 98 valence electrons. The number of halogens is 1. The Balaban J connectivity index is 2.29. The van der Waals surface area contributed by atoms with Gasteiger partial charge in [-0.3, -0.25) is 0 Å². The van der Waals surface area contributed by atoms with Gasteiger partial charge in [-0.2, -0.15) is 0 Å². The van der Waals surface area contributed by atoms with Crippen LogP contribution >= 0.6 is 11.6 Å². The lowest BCUT2D eigenvalue weighted by atomic mass is 10.2. The van der Waals surface area contributed by atoms with Crippen LogP contribution in [0.3, 0.4) is 0 Å². The number of carbonyl (C=O) groups is 1. The van der Waals surface area contributed by atoms with E-state index in [1.165, 1.54) is 25.4 Å². The van der Waals surface area contributed by atoms with E-state index in [1.807, 2.05) is 0 Å². The quantitative estimate of drug-likeness (QED) is 0.930. The van der Waals surface area contributed by atoms with Crippen LogP contribution in [0.5, 0.6) is 17.4 Å². The van der Waals surface area contributed by atoms with Crippen LogP contribution in [0.2, 0.25) is 5.02 Å². The summed E-state index contributed by atoms with van der Waals surface area (Å²) in [7, 11) is 1.53. The third-order valence-corrected chi connectivity index (χ3v) is 2.57. The second-order valence-corrected chi connectivity index (χ2v) is 4.02. The van der Waals surface area contributed by atoms with E-state index in [0.29, 0.717) is 10.8 Å². The summed E-state index contributed by atoms with van der Waals surface area (Å²) in [4.78, 5) is 15.1. The van der Waals surface area contributed by atoms with Crippen LogP contribution < -0.4 is 9.47 Å². The van der Waals surface area contributed by atoms with Crippen molar-refractivity contribution in [1.82, 2.24) is 4.98 Å². The van der Waals surface area contributed by atoms with E-state index in [1.54, 1.807) is 18.2 Å². The van der Waals surface area contributed by atoms with Gasteiger partial charge in [0.1, 0.15) is 17.1 Å². The maximum Gasteiger partial charge on any atom is 0.339 e. The van der Waals surface area contributed by atoms with Gasteiger partial charge in [-0.1, -0.05) is 11.6 Å². The minimum absolute atomic E-state index is 0.0230. The molecule has 0 bridgehead atoms. The van der Waals surface area contributed by atoms with Gasteiger partial charge < -0.3 is 14.6 Å². The second kappa shape index (κ2) is 5.58. The molecule has 0 saturated carbocycles. The number of carboxylic acid groups (broad SMARTS) is 1. The number of nitrogens with zero attached hydrogens (tertiary/aromatic N) is 1. The number of ether oxygens (including phenoxy) is 2. The molecule has 6 heteroatoms. The minimum Gasteiger partial charge on any atom is -0.495 e. The van der Waals surface area contributed by atoms with Gasteiger partial charge >= 0.3 is 5.97 Å². The number of benzene rings is 1. The molecule has 5 nitrogen and oxygen atoms in total. The summed E-state index contributed by atoms with van der Waals surface area (Å²) in [6.45, 7) is 0. The molecule has 19 heavy (non-hydrogen) atoms. The third-order valence-electron chi connectivity index (χ3n) is 2.33. The standard InChI is InChI=1S/C13H10ClNO4/c1-18-9-3-5-12(15-7-9)19-11-4-2-8(14)6-10(11)13(16)17/h2-7H,1H3,(H,16,17). The third kappa shape index (κ3) is 3.14. The SMILES string of the molecule is COc1ccc(Oc2ccc(Cl)cc2C(=O)O)nc1. The lowest BCUT2D eigenvalue weighted by molar-refractivity contribution is 0.0694. The molecule has 0 saturated heterocycles. The summed E-state index contributed by atoms with van der Waals surface area (Å²) in [5.74, 6) is -0.0897. The smallest absolute Gasteiger partial charge is 0.339 e. The molecule has 1 aromatic heterocycles. The van der Waals surface area contributed by atoms with E-state index in [-0.39, 0.29) is 17.2 Å². The van der Waals surface area contributed by atoms with Crippen LogP contribution in [0.4, 0.5) is 0 Å². The maximum absolute atomic E-state index is 11.1. The normalized spacial score (nSPS) is 10.0. The summed E-state index contributed by atoms with van der Waals surface area (Å²) < 4.78 is 10.4. The highest BCUT2D eigenvalue weighted by Crippen LogP contribution is 2.27. The van der Waals surface area contributed by atoms with E-state index < -0.39 is 5.97 Å². The first-order chi connectivity index (χ1) is 9.10. The number of aromatic nitrogens is 1. The fourth-order valence-electron chi connectivity index (χ4n) is 1.42. The molecule has 0 unspecified atom stereocenters. The van der Waals surface area contributed by atoms with Crippen LogP contribution in [0, 0.1) is 0 Å². The van der Waals surface area contributed by atoms with Gasteiger partial charge in [0.05, 0.1) is 13.3 Å². The van der Waals surface area contributed by atoms with Gasteiger partial charge in [0.15, 0.2) is 0 Å². The molecule has 0 atom stereocenters. The van der Waals surface area contributed by atoms with Crippen LogP contribution in [-0.4, -0.2) is 23.2 Å². The van der Waals surface area contributed by atoms with Gasteiger partial charge in [-0.05, 0) is 24.3 Å². The van der Waals surface area contributed by atoms with Gasteiger partial charge in [0, 0.05) is 11.1 Å². The number of hydrogen-bond acceptors (Lipinski definition) is 4. The first-order valence-electron chi connectivity index (χ1n) is 5.31. The van der Waals surface area contributed by atoms with E-state index in [9.17, 15) is 4.79 Å². The van der Waals surface area contributed by atoms with Gasteiger partial charge in [-0.15, -0.1) is 0 Å². The molecule has 1 heterocycles. The highest BCUT2D eigenvalue weighted by molar-refractivity contribution is 6.31. The predicted molar refractivity (Wildman–Crippen MR) is 69.3 cm³/mol. The van der Waals surface area contributed by atoms with Crippen LogP contribution in [-0.2, 0) is 0 Å². The molecular weight excluding hydrogens is 270 g/mol. The summed E-state index contributed by atoms with van der Waals surface area (Å²) in [6, 6.07) is 7.60. The van der Waals surface area contributed by atoms with Gasteiger partial charge in [-0.25, -0.2) is 9.78 Å². The number of hydrogen-bond donors (Lipinski definition) is 1. The van der Waals surface area contributed by atoms with Crippen LogP contribution in [0.25, 0.3) is 0 Å². The zero-order chi connectivity index (χ0) is 13.8. The Morgan fingerprint density at radius 2 is 2.11 bits per heavy atom. The summed E-state index contributed by atoms with van der Waals surface area (Å²) in [6.07, 6.45) is 1.48. The van der Waals surface area contributed by atoms with E-state index in [4.69, 9.17) is 26.2 Å². The second-order valence-electron chi connectivity index (χ2n) is 3.58. The number of carboxylic acids is 1. The molecule has 2 aromatic rings. The van der Waals surface area contributed by atoms with Gasteiger partial charge in [0.25, 0.3) is 0 Å². The zero-order valence-electron chi connectivity index (χ0n) is 9.96. The molecule has 0 aliphatic heterocycles. The van der Waals surface area contributed by atoms with Crippen molar-refractivity contribution >= 4 is 17.6 Å². The molecule has 1 N–H and O–H groups in total. The zero-order valence-corrected chi connectivity index (χ0v) is 10.7. The summed E-state index contributed by atoms with van der Waals surface area (Å²) in [5.41, 5.74) is -0.0230. The molecule has 0 fully saturated rings. The molecule has 0 spiro atoms. The van der Waals surface area contributed by atoms with Crippen molar-refractivity contribution in [1.29, 1.82) is 0 Å². The molecule has 0 amide bonds. The van der Waals surface area contributed by atoms with E-state index >= 15 is 0 Å².